The summed E-state index contributed by atoms with van der Waals surface area (Å²) in [5.74, 6) is 0.402. The Morgan fingerprint density at radius 1 is 1.32 bits per heavy atom. The highest BCUT2D eigenvalue weighted by Crippen LogP contribution is 2.31. The molecule has 1 unspecified atom stereocenters. The van der Waals surface area contributed by atoms with Gasteiger partial charge in [0.15, 0.2) is 0 Å². The summed E-state index contributed by atoms with van der Waals surface area (Å²) in [5.41, 5.74) is 1.17. The van der Waals surface area contributed by atoms with Crippen molar-refractivity contribution < 1.29 is 0 Å². The van der Waals surface area contributed by atoms with E-state index in [1.54, 1.807) is 6.20 Å². The van der Waals surface area contributed by atoms with E-state index in [0.717, 1.165) is 18.0 Å². The van der Waals surface area contributed by atoms with Gasteiger partial charge in [0.25, 0.3) is 0 Å². The van der Waals surface area contributed by atoms with Gasteiger partial charge in [-0.1, -0.05) is 49.0 Å². The molecule has 1 aromatic carbocycles. The maximum Gasteiger partial charge on any atom is 0.0946 e. The standard InChI is InChI=1S/C15H18Cl2N2/c1-2-3-4-12(10-19-8-7-18-11-19)14-6-5-13(16)9-15(14)17/h5-9,11-12H,2-4,10H2,1H3. The van der Waals surface area contributed by atoms with Crippen LogP contribution in [0.1, 0.15) is 37.7 Å². The lowest BCUT2D eigenvalue weighted by atomic mass is 9.93. The van der Waals surface area contributed by atoms with Gasteiger partial charge in [-0.3, -0.25) is 0 Å². The molecular weight excluding hydrogens is 279 g/mol. The summed E-state index contributed by atoms with van der Waals surface area (Å²) in [5, 5.41) is 1.44. The van der Waals surface area contributed by atoms with Crippen molar-refractivity contribution in [2.24, 2.45) is 0 Å². The average Bonchev–Trinajstić information content (AvgIpc) is 2.88. The van der Waals surface area contributed by atoms with Crippen LogP contribution in [0.5, 0.6) is 0 Å². The second-order valence-electron chi connectivity index (χ2n) is 4.76. The predicted molar refractivity (Wildman–Crippen MR) is 81.0 cm³/mol. The molecule has 0 spiro atoms. The minimum atomic E-state index is 0.402. The van der Waals surface area contributed by atoms with Crippen LogP contribution in [-0.4, -0.2) is 9.55 Å². The summed E-state index contributed by atoms with van der Waals surface area (Å²) < 4.78 is 2.10. The molecule has 0 saturated heterocycles. The van der Waals surface area contributed by atoms with Gasteiger partial charge in [-0.15, -0.1) is 0 Å². The van der Waals surface area contributed by atoms with Gasteiger partial charge in [-0.2, -0.15) is 0 Å². The molecule has 0 fully saturated rings. The van der Waals surface area contributed by atoms with Crippen molar-refractivity contribution in [3.05, 3.63) is 52.5 Å². The number of unbranched alkanes of at least 4 members (excludes halogenated alkanes) is 1. The van der Waals surface area contributed by atoms with Crippen molar-refractivity contribution in [1.29, 1.82) is 0 Å². The van der Waals surface area contributed by atoms with Gasteiger partial charge in [0, 0.05) is 34.9 Å². The third kappa shape index (κ3) is 3.99. The van der Waals surface area contributed by atoms with Crippen LogP contribution in [0.3, 0.4) is 0 Å². The number of hydrogen-bond donors (Lipinski definition) is 0. The van der Waals surface area contributed by atoms with Crippen molar-refractivity contribution in [2.75, 3.05) is 0 Å². The maximum atomic E-state index is 6.33. The van der Waals surface area contributed by atoms with Crippen molar-refractivity contribution in [2.45, 2.75) is 38.6 Å². The Hall–Kier alpha value is -0.990. The fourth-order valence-electron chi connectivity index (χ4n) is 2.28. The Morgan fingerprint density at radius 2 is 2.16 bits per heavy atom. The lowest BCUT2D eigenvalue weighted by Gasteiger charge is -2.19. The van der Waals surface area contributed by atoms with E-state index in [4.69, 9.17) is 23.2 Å². The number of hydrogen-bond acceptors (Lipinski definition) is 1. The van der Waals surface area contributed by atoms with Crippen molar-refractivity contribution in [3.8, 4) is 0 Å². The first kappa shape index (κ1) is 14.4. The highest BCUT2D eigenvalue weighted by Gasteiger charge is 2.15. The van der Waals surface area contributed by atoms with E-state index < -0.39 is 0 Å². The molecule has 2 rings (SSSR count). The smallest absolute Gasteiger partial charge is 0.0946 e. The SMILES string of the molecule is CCCCC(Cn1ccnc1)c1ccc(Cl)cc1Cl. The second-order valence-corrected chi connectivity index (χ2v) is 5.61. The number of nitrogens with zero attached hydrogens (tertiary/aromatic N) is 2. The molecule has 0 amide bonds. The van der Waals surface area contributed by atoms with Gasteiger partial charge in [0.05, 0.1) is 6.33 Å². The Kier molecular flexibility index (Phi) is 5.29. The fraction of sp³-hybridized carbons (Fsp3) is 0.400. The molecule has 0 aliphatic carbocycles. The highest BCUT2D eigenvalue weighted by molar-refractivity contribution is 6.35. The Bertz CT molecular complexity index is 509. The quantitative estimate of drug-likeness (QED) is 0.719. The molecular formula is C15H18Cl2N2. The van der Waals surface area contributed by atoms with Crippen LogP contribution in [0.2, 0.25) is 10.0 Å². The van der Waals surface area contributed by atoms with E-state index in [2.05, 4.69) is 16.5 Å². The Balaban J connectivity index is 2.20. The van der Waals surface area contributed by atoms with Crippen LogP contribution in [0, 0.1) is 0 Å². The molecule has 4 heteroatoms. The zero-order chi connectivity index (χ0) is 13.7. The van der Waals surface area contributed by atoms with Crippen LogP contribution in [0.25, 0.3) is 0 Å². The molecule has 2 aromatic rings. The molecule has 19 heavy (non-hydrogen) atoms. The predicted octanol–water partition coefficient (Wildman–Crippen LogP) is 5.16. The minimum absolute atomic E-state index is 0.402. The van der Waals surface area contributed by atoms with Crippen molar-refractivity contribution >= 4 is 23.2 Å². The number of rotatable bonds is 6. The van der Waals surface area contributed by atoms with Crippen molar-refractivity contribution in [3.63, 3.8) is 0 Å². The Labute approximate surface area is 124 Å². The molecule has 1 heterocycles. The van der Waals surface area contributed by atoms with E-state index in [1.165, 1.54) is 18.4 Å². The van der Waals surface area contributed by atoms with Crippen LogP contribution in [0.4, 0.5) is 0 Å². The number of aromatic nitrogens is 2. The molecule has 0 bridgehead atoms. The topological polar surface area (TPSA) is 17.8 Å². The van der Waals surface area contributed by atoms with Gasteiger partial charge in [-0.25, -0.2) is 4.98 Å². The van der Waals surface area contributed by atoms with Crippen molar-refractivity contribution in [1.82, 2.24) is 9.55 Å². The van der Waals surface area contributed by atoms with Crippen LogP contribution >= 0.6 is 23.2 Å². The summed E-state index contributed by atoms with van der Waals surface area (Å²) in [6.07, 6.45) is 9.14. The van der Waals surface area contributed by atoms with Crippen LogP contribution in [0.15, 0.2) is 36.9 Å². The third-order valence-corrected chi connectivity index (χ3v) is 3.86. The monoisotopic (exact) mass is 296 g/mol. The number of benzene rings is 1. The van der Waals surface area contributed by atoms with Gasteiger partial charge in [0.2, 0.25) is 0 Å². The molecule has 0 aliphatic rings. The van der Waals surface area contributed by atoms with Gasteiger partial charge in [-0.05, 0) is 24.1 Å². The first-order valence-electron chi connectivity index (χ1n) is 6.61. The largest absolute Gasteiger partial charge is 0.337 e. The second kappa shape index (κ2) is 6.97. The number of halogens is 2. The molecule has 0 N–H and O–H groups in total. The molecule has 0 saturated carbocycles. The molecule has 102 valence electrons. The van der Waals surface area contributed by atoms with E-state index in [1.807, 2.05) is 30.7 Å². The zero-order valence-corrected chi connectivity index (χ0v) is 12.5. The molecule has 0 radical (unpaired) electrons. The molecule has 0 aliphatic heterocycles. The average molecular weight is 297 g/mol. The molecule has 1 atom stereocenters. The van der Waals surface area contributed by atoms with Gasteiger partial charge >= 0.3 is 0 Å². The molecule has 1 aromatic heterocycles. The summed E-state index contributed by atoms with van der Waals surface area (Å²) in [6, 6.07) is 5.78. The number of imidazole rings is 1. The molecule has 2 nitrogen and oxygen atoms in total. The van der Waals surface area contributed by atoms with Gasteiger partial charge in [0.1, 0.15) is 0 Å². The normalized spacial score (nSPS) is 12.6. The summed E-state index contributed by atoms with van der Waals surface area (Å²) in [7, 11) is 0. The first-order valence-corrected chi connectivity index (χ1v) is 7.37. The minimum Gasteiger partial charge on any atom is -0.337 e. The first-order chi connectivity index (χ1) is 9.20. The summed E-state index contributed by atoms with van der Waals surface area (Å²) >= 11 is 12.3. The summed E-state index contributed by atoms with van der Waals surface area (Å²) in [6.45, 7) is 3.11. The maximum absolute atomic E-state index is 6.33. The Morgan fingerprint density at radius 3 is 2.79 bits per heavy atom. The van der Waals surface area contributed by atoms with E-state index in [-0.39, 0.29) is 0 Å². The van der Waals surface area contributed by atoms with Crippen LogP contribution in [-0.2, 0) is 6.54 Å². The van der Waals surface area contributed by atoms with E-state index >= 15 is 0 Å². The highest BCUT2D eigenvalue weighted by atomic mass is 35.5. The lowest BCUT2D eigenvalue weighted by Crippen LogP contribution is -2.09. The fourth-order valence-corrected chi connectivity index (χ4v) is 2.84. The van der Waals surface area contributed by atoms with E-state index in [9.17, 15) is 0 Å². The van der Waals surface area contributed by atoms with E-state index in [0.29, 0.717) is 10.9 Å². The third-order valence-electron chi connectivity index (χ3n) is 3.30. The zero-order valence-electron chi connectivity index (χ0n) is 11.0. The van der Waals surface area contributed by atoms with Crippen LogP contribution < -0.4 is 0 Å². The lowest BCUT2D eigenvalue weighted by molar-refractivity contribution is 0.505. The summed E-state index contributed by atoms with van der Waals surface area (Å²) in [4.78, 5) is 4.09. The van der Waals surface area contributed by atoms with Gasteiger partial charge < -0.3 is 4.57 Å².